The minimum Gasteiger partial charge on any atom is -0.479 e. The van der Waals surface area contributed by atoms with E-state index in [2.05, 4.69) is 15.7 Å². The molecule has 116 valence electrons. The minimum absolute atomic E-state index is 0.0111. The third-order valence-corrected chi connectivity index (χ3v) is 3.55. The molecule has 1 fully saturated rings. The van der Waals surface area contributed by atoms with Crippen LogP contribution in [-0.2, 0) is 29.5 Å². The number of ether oxygens (including phenoxy) is 1. The van der Waals surface area contributed by atoms with Gasteiger partial charge >= 0.3 is 12.0 Å². The summed E-state index contributed by atoms with van der Waals surface area (Å²) in [5, 5.41) is 18.7. The summed E-state index contributed by atoms with van der Waals surface area (Å²) >= 11 is 0. The van der Waals surface area contributed by atoms with Gasteiger partial charge in [0.2, 0.25) is 0 Å². The number of nitrogens with one attached hydrogen (secondary N) is 2. The molecule has 2 rings (SSSR count). The van der Waals surface area contributed by atoms with Crippen LogP contribution >= 0.6 is 0 Å². The molecule has 0 aliphatic carbocycles. The lowest BCUT2D eigenvalue weighted by atomic mass is 9.99. The van der Waals surface area contributed by atoms with Crippen molar-refractivity contribution in [3.8, 4) is 0 Å². The van der Waals surface area contributed by atoms with E-state index in [9.17, 15) is 14.7 Å². The maximum absolute atomic E-state index is 11.9. The normalized spacial score (nSPS) is 21.2. The van der Waals surface area contributed by atoms with Crippen LogP contribution in [0.3, 0.4) is 0 Å². The molecule has 8 nitrogen and oxygen atoms in total. The van der Waals surface area contributed by atoms with E-state index in [0.29, 0.717) is 13.2 Å². The summed E-state index contributed by atoms with van der Waals surface area (Å²) in [5.74, 6) is -1.08. The predicted octanol–water partition coefficient (Wildman–Crippen LogP) is 0.0254. The molecule has 1 unspecified atom stereocenters. The van der Waals surface area contributed by atoms with Crippen LogP contribution in [0.1, 0.15) is 24.6 Å². The second-order valence-corrected chi connectivity index (χ2v) is 5.13. The van der Waals surface area contributed by atoms with Crippen molar-refractivity contribution in [2.45, 2.75) is 31.8 Å². The minimum atomic E-state index is -1.33. The Kier molecular flexibility index (Phi) is 4.46. The lowest BCUT2D eigenvalue weighted by Crippen LogP contribution is -2.57. The maximum atomic E-state index is 11.9. The molecule has 1 aromatic heterocycles. The van der Waals surface area contributed by atoms with E-state index in [-0.39, 0.29) is 13.0 Å². The number of carbonyl (C=O) groups excluding carboxylic acids is 1. The molecule has 2 heterocycles. The maximum Gasteiger partial charge on any atom is 0.332 e. The van der Waals surface area contributed by atoms with Gasteiger partial charge in [-0.05, 0) is 6.42 Å². The quantitative estimate of drug-likeness (QED) is 0.710. The smallest absolute Gasteiger partial charge is 0.332 e. The van der Waals surface area contributed by atoms with Crippen LogP contribution in [0, 0.1) is 0 Å². The summed E-state index contributed by atoms with van der Waals surface area (Å²) in [6.07, 6.45) is 2.87. The van der Waals surface area contributed by atoms with Crippen molar-refractivity contribution in [1.82, 2.24) is 20.4 Å². The number of hydrogen-bond donors (Lipinski definition) is 3. The summed E-state index contributed by atoms with van der Waals surface area (Å²) in [5.41, 5.74) is 0.504. The molecule has 0 spiro atoms. The monoisotopic (exact) mass is 296 g/mol. The van der Waals surface area contributed by atoms with Gasteiger partial charge in [0.25, 0.3) is 0 Å². The first-order valence-electron chi connectivity index (χ1n) is 6.85. The fourth-order valence-corrected chi connectivity index (χ4v) is 2.35. The number of carboxylic acids is 1. The zero-order valence-electron chi connectivity index (χ0n) is 12.2. The zero-order valence-corrected chi connectivity index (χ0v) is 12.2. The number of hydrogen-bond acceptors (Lipinski definition) is 4. The van der Waals surface area contributed by atoms with E-state index < -0.39 is 17.5 Å². The average molecular weight is 296 g/mol. The molecule has 8 heteroatoms. The number of aliphatic carboxylic acids is 1. The molecule has 0 bridgehead atoms. The van der Waals surface area contributed by atoms with Crippen LogP contribution in [0.5, 0.6) is 0 Å². The summed E-state index contributed by atoms with van der Waals surface area (Å²) in [6, 6.07) is -0.520. The number of carboxylic acid groups (broad SMARTS) is 1. The first kappa shape index (κ1) is 15.3. The van der Waals surface area contributed by atoms with Crippen molar-refractivity contribution in [3.05, 3.63) is 17.5 Å². The van der Waals surface area contributed by atoms with Crippen molar-refractivity contribution >= 4 is 12.0 Å². The van der Waals surface area contributed by atoms with Crippen LogP contribution < -0.4 is 10.6 Å². The van der Waals surface area contributed by atoms with E-state index in [0.717, 1.165) is 17.7 Å². The van der Waals surface area contributed by atoms with E-state index in [1.165, 1.54) is 0 Å². The number of nitrogens with zero attached hydrogens (tertiary/aromatic N) is 2. The third-order valence-electron chi connectivity index (χ3n) is 3.55. The summed E-state index contributed by atoms with van der Waals surface area (Å²) in [4.78, 5) is 23.2. The number of aromatic nitrogens is 2. The first-order valence-corrected chi connectivity index (χ1v) is 6.85. The largest absolute Gasteiger partial charge is 0.479 e. The molecule has 0 aromatic carbocycles. The van der Waals surface area contributed by atoms with Gasteiger partial charge in [0.05, 0.1) is 12.3 Å². The molecular weight excluding hydrogens is 276 g/mol. The van der Waals surface area contributed by atoms with Gasteiger partial charge in [-0.25, -0.2) is 9.59 Å². The lowest BCUT2D eigenvalue weighted by molar-refractivity contribution is -0.144. The van der Waals surface area contributed by atoms with Gasteiger partial charge in [-0.3, -0.25) is 4.68 Å². The van der Waals surface area contributed by atoms with Crippen LogP contribution in [0.4, 0.5) is 4.79 Å². The predicted molar refractivity (Wildman–Crippen MR) is 73.8 cm³/mol. The van der Waals surface area contributed by atoms with E-state index >= 15 is 0 Å². The molecule has 1 saturated heterocycles. The van der Waals surface area contributed by atoms with Crippen LogP contribution in [0.15, 0.2) is 6.20 Å². The molecule has 0 saturated carbocycles. The Morgan fingerprint density at radius 1 is 1.57 bits per heavy atom. The van der Waals surface area contributed by atoms with Crippen LogP contribution in [0.25, 0.3) is 0 Å². The Bertz CT molecular complexity index is 534. The Balaban J connectivity index is 1.94. The second kappa shape index (κ2) is 6.13. The summed E-state index contributed by atoms with van der Waals surface area (Å²) in [6.45, 7) is 2.61. The molecule has 2 amide bonds. The zero-order chi connectivity index (χ0) is 15.5. The highest BCUT2D eigenvalue weighted by Crippen LogP contribution is 2.18. The average Bonchev–Trinajstić information content (AvgIpc) is 3.03. The van der Waals surface area contributed by atoms with Gasteiger partial charge in [-0.1, -0.05) is 6.92 Å². The molecule has 3 N–H and O–H groups in total. The number of carbonyl (C=O) groups is 2. The van der Waals surface area contributed by atoms with Crippen molar-refractivity contribution < 1.29 is 19.4 Å². The Labute approximate surface area is 122 Å². The van der Waals surface area contributed by atoms with Gasteiger partial charge in [0.15, 0.2) is 5.54 Å². The summed E-state index contributed by atoms with van der Waals surface area (Å²) in [7, 11) is 1.82. The first-order chi connectivity index (χ1) is 9.97. The molecule has 1 aromatic rings. The highest BCUT2D eigenvalue weighted by Gasteiger charge is 2.43. The Hall–Kier alpha value is -2.09. The van der Waals surface area contributed by atoms with Crippen molar-refractivity contribution in [2.24, 2.45) is 7.05 Å². The number of amides is 2. The fourth-order valence-electron chi connectivity index (χ4n) is 2.35. The highest BCUT2D eigenvalue weighted by atomic mass is 16.5. The molecular formula is C13H20N4O4. The standard InChI is InChI=1S/C13H20N4O4/c1-3-10-9(7-17(2)16-10)6-14-12(20)15-13(11(18)19)4-5-21-8-13/h7H,3-6,8H2,1-2H3,(H,18,19)(H2,14,15,20). The second-order valence-electron chi connectivity index (χ2n) is 5.13. The lowest BCUT2D eigenvalue weighted by Gasteiger charge is -2.23. The van der Waals surface area contributed by atoms with Crippen LogP contribution in [0.2, 0.25) is 0 Å². The molecule has 1 aliphatic heterocycles. The van der Waals surface area contributed by atoms with Gasteiger partial charge < -0.3 is 20.5 Å². The molecule has 1 aliphatic rings. The highest BCUT2D eigenvalue weighted by molar-refractivity contribution is 5.86. The molecule has 1 atom stereocenters. The molecule has 21 heavy (non-hydrogen) atoms. The van der Waals surface area contributed by atoms with Gasteiger partial charge in [0, 0.05) is 38.4 Å². The van der Waals surface area contributed by atoms with E-state index in [1.54, 1.807) is 4.68 Å². The van der Waals surface area contributed by atoms with E-state index in [4.69, 9.17) is 4.74 Å². The van der Waals surface area contributed by atoms with Crippen molar-refractivity contribution in [3.63, 3.8) is 0 Å². The third kappa shape index (κ3) is 3.33. The molecule has 0 radical (unpaired) electrons. The number of rotatable bonds is 5. The van der Waals surface area contributed by atoms with E-state index in [1.807, 2.05) is 20.2 Å². The van der Waals surface area contributed by atoms with Crippen LogP contribution in [-0.4, -0.2) is 45.6 Å². The Morgan fingerprint density at radius 3 is 2.90 bits per heavy atom. The topological polar surface area (TPSA) is 105 Å². The van der Waals surface area contributed by atoms with Gasteiger partial charge in [0.1, 0.15) is 0 Å². The number of aryl methyl sites for hydroxylation is 2. The Morgan fingerprint density at radius 2 is 2.33 bits per heavy atom. The summed E-state index contributed by atoms with van der Waals surface area (Å²) < 4.78 is 6.78. The fraction of sp³-hybridized carbons (Fsp3) is 0.615. The van der Waals surface area contributed by atoms with Crippen molar-refractivity contribution in [2.75, 3.05) is 13.2 Å². The van der Waals surface area contributed by atoms with Gasteiger partial charge in [-0.15, -0.1) is 0 Å². The number of urea groups is 1. The SMILES string of the molecule is CCc1nn(C)cc1CNC(=O)NC1(C(=O)O)CCOC1. The van der Waals surface area contributed by atoms with Crippen molar-refractivity contribution in [1.29, 1.82) is 0 Å². The van der Waals surface area contributed by atoms with Gasteiger partial charge in [-0.2, -0.15) is 5.10 Å².